The molecule has 1 aromatic rings. The number of carboxylic acid groups (broad SMARTS) is 1. The minimum absolute atomic E-state index is 0.0265. The number of carbonyl (C=O) groups is 2. The summed E-state index contributed by atoms with van der Waals surface area (Å²) in [6.07, 6.45) is 1.87. The lowest BCUT2D eigenvalue weighted by atomic mass is 9.82. The van der Waals surface area contributed by atoms with Crippen molar-refractivity contribution < 1.29 is 14.7 Å². The number of amides is 1. The van der Waals surface area contributed by atoms with Crippen molar-refractivity contribution >= 4 is 27.8 Å². The summed E-state index contributed by atoms with van der Waals surface area (Å²) >= 11 is 3.40. The van der Waals surface area contributed by atoms with E-state index in [0.29, 0.717) is 12.8 Å². The molecule has 2 atom stereocenters. The zero-order valence-electron chi connectivity index (χ0n) is 12.9. The molecule has 2 unspecified atom stereocenters. The van der Waals surface area contributed by atoms with Crippen LogP contribution >= 0.6 is 15.9 Å². The van der Waals surface area contributed by atoms with Gasteiger partial charge in [-0.15, -0.1) is 0 Å². The molecule has 120 valence electrons. The van der Waals surface area contributed by atoms with Gasteiger partial charge < -0.3 is 10.4 Å². The predicted molar refractivity (Wildman–Crippen MR) is 88.7 cm³/mol. The Balaban J connectivity index is 1.92. The summed E-state index contributed by atoms with van der Waals surface area (Å²) < 4.78 is 1.02. The number of aliphatic carboxylic acids is 1. The van der Waals surface area contributed by atoms with Crippen LogP contribution in [0.1, 0.15) is 44.6 Å². The minimum atomic E-state index is -0.850. The second kappa shape index (κ2) is 6.82. The van der Waals surface area contributed by atoms with Gasteiger partial charge in [-0.25, -0.2) is 0 Å². The van der Waals surface area contributed by atoms with E-state index in [0.717, 1.165) is 10.9 Å². The summed E-state index contributed by atoms with van der Waals surface area (Å²) in [7, 11) is 0. The number of hydrogen-bond acceptors (Lipinski definition) is 2. The fourth-order valence-electron chi connectivity index (χ4n) is 2.83. The van der Waals surface area contributed by atoms with E-state index in [-0.39, 0.29) is 24.3 Å². The van der Waals surface area contributed by atoms with Crippen LogP contribution in [-0.4, -0.2) is 23.5 Å². The standard InChI is InChI=1S/C17H22BrNO3/c1-3-17(4-2,16(21)22)10-19-15(20)14-9-13(14)11-5-7-12(18)8-6-11/h5-8,13-14H,3-4,9-10H2,1-2H3,(H,19,20)(H,21,22). The molecule has 0 radical (unpaired) electrons. The molecule has 2 rings (SSSR count). The van der Waals surface area contributed by atoms with Crippen molar-refractivity contribution in [2.45, 2.75) is 39.0 Å². The molecule has 0 heterocycles. The van der Waals surface area contributed by atoms with Crippen molar-refractivity contribution in [1.82, 2.24) is 5.32 Å². The highest BCUT2D eigenvalue weighted by atomic mass is 79.9. The van der Waals surface area contributed by atoms with Crippen LogP contribution in [0, 0.1) is 11.3 Å². The average molecular weight is 368 g/mol. The van der Waals surface area contributed by atoms with Crippen LogP contribution in [0.25, 0.3) is 0 Å². The van der Waals surface area contributed by atoms with E-state index < -0.39 is 11.4 Å². The van der Waals surface area contributed by atoms with E-state index in [1.807, 2.05) is 38.1 Å². The number of nitrogens with one attached hydrogen (secondary N) is 1. The Hall–Kier alpha value is -1.36. The zero-order chi connectivity index (χ0) is 16.3. The van der Waals surface area contributed by atoms with Crippen molar-refractivity contribution in [3.8, 4) is 0 Å². The molecular formula is C17H22BrNO3. The zero-order valence-corrected chi connectivity index (χ0v) is 14.5. The SMILES string of the molecule is CCC(CC)(CNC(=O)C1CC1c1ccc(Br)cc1)C(=O)O. The number of halogens is 1. The maximum Gasteiger partial charge on any atom is 0.311 e. The molecule has 2 N–H and O–H groups in total. The average Bonchev–Trinajstić information content (AvgIpc) is 3.29. The molecule has 0 saturated heterocycles. The third-order valence-corrected chi connectivity index (χ3v) is 5.36. The number of rotatable bonds is 7. The van der Waals surface area contributed by atoms with Crippen molar-refractivity contribution in [3.05, 3.63) is 34.3 Å². The van der Waals surface area contributed by atoms with Crippen molar-refractivity contribution in [2.24, 2.45) is 11.3 Å². The summed E-state index contributed by atoms with van der Waals surface area (Å²) in [6, 6.07) is 8.02. The lowest BCUT2D eigenvalue weighted by Gasteiger charge is -2.26. The second-order valence-corrected chi connectivity index (χ2v) is 6.93. The summed E-state index contributed by atoms with van der Waals surface area (Å²) in [5, 5.41) is 12.2. The Kier molecular flexibility index (Phi) is 5.27. The van der Waals surface area contributed by atoms with Gasteiger partial charge in [-0.3, -0.25) is 9.59 Å². The molecule has 0 aromatic heterocycles. The molecule has 1 aliphatic carbocycles. The molecule has 0 aliphatic heterocycles. The summed E-state index contributed by atoms with van der Waals surface area (Å²) in [6.45, 7) is 3.91. The van der Waals surface area contributed by atoms with Crippen LogP contribution < -0.4 is 5.32 Å². The maximum atomic E-state index is 12.2. The molecular weight excluding hydrogens is 346 g/mol. The summed E-state index contributed by atoms with van der Waals surface area (Å²) in [5.41, 5.74) is 0.316. The number of carboxylic acids is 1. The molecule has 5 heteroatoms. The molecule has 22 heavy (non-hydrogen) atoms. The Labute approximate surface area is 139 Å². The lowest BCUT2D eigenvalue weighted by molar-refractivity contribution is -0.149. The van der Waals surface area contributed by atoms with E-state index >= 15 is 0 Å². The second-order valence-electron chi connectivity index (χ2n) is 6.01. The smallest absolute Gasteiger partial charge is 0.311 e. The first-order valence-corrected chi connectivity index (χ1v) is 8.49. The first kappa shape index (κ1) is 17.0. The highest BCUT2D eigenvalue weighted by Crippen LogP contribution is 2.47. The Bertz CT molecular complexity index is 552. The number of hydrogen-bond donors (Lipinski definition) is 2. The predicted octanol–water partition coefficient (Wildman–Crippen LogP) is 3.56. The molecule has 1 fully saturated rings. The third kappa shape index (κ3) is 3.51. The summed E-state index contributed by atoms with van der Waals surface area (Å²) in [5.74, 6) is -0.629. The quantitative estimate of drug-likeness (QED) is 0.774. The van der Waals surface area contributed by atoms with E-state index in [2.05, 4.69) is 21.2 Å². The fraction of sp³-hybridized carbons (Fsp3) is 0.529. The highest BCUT2D eigenvalue weighted by Gasteiger charge is 2.45. The first-order chi connectivity index (χ1) is 10.4. The topological polar surface area (TPSA) is 66.4 Å². The largest absolute Gasteiger partial charge is 0.481 e. The van der Waals surface area contributed by atoms with E-state index in [9.17, 15) is 14.7 Å². The summed E-state index contributed by atoms with van der Waals surface area (Å²) in [4.78, 5) is 23.7. The van der Waals surface area contributed by atoms with Gasteiger partial charge in [-0.05, 0) is 42.9 Å². The maximum absolute atomic E-state index is 12.2. The normalized spacial score (nSPS) is 20.5. The molecule has 1 aliphatic rings. The highest BCUT2D eigenvalue weighted by molar-refractivity contribution is 9.10. The van der Waals surface area contributed by atoms with Gasteiger partial charge in [0.05, 0.1) is 5.41 Å². The lowest BCUT2D eigenvalue weighted by Crippen LogP contribution is -2.43. The van der Waals surface area contributed by atoms with Crippen LogP contribution in [0.4, 0.5) is 0 Å². The van der Waals surface area contributed by atoms with Gasteiger partial charge in [0, 0.05) is 16.9 Å². The molecule has 1 saturated carbocycles. The van der Waals surface area contributed by atoms with E-state index in [1.165, 1.54) is 5.56 Å². The molecule has 0 bridgehead atoms. The number of carbonyl (C=O) groups excluding carboxylic acids is 1. The monoisotopic (exact) mass is 367 g/mol. The van der Waals surface area contributed by atoms with Gasteiger partial charge >= 0.3 is 5.97 Å². The van der Waals surface area contributed by atoms with Crippen LogP contribution in [-0.2, 0) is 9.59 Å². The van der Waals surface area contributed by atoms with Crippen LogP contribution in [0.3, 0.4) is 0 Å². The molecule has 1 aromatic carbocycles. The Morgan fingerprint density at radius 2 is 1.86 bits per heavy atom. The number of benzene rings is 1. The third-order valence-electron chi connectivity index (χ3n) is 4.83. The van der Waals surface area contributed by atoms with Crippen LogP contribution in [0.5, 0.6) is 0 Å². The first-order valence-electron chi connectivity index (χ1n) is 7.70. The molecule has 4 nitrogen and oxygen atoms in total. The Morgan fingerprint density at radius 3 is 2.36 bits per heavy atom. The van der Waals surface area contributed by atoms with Gasteiger partial charge in [-0.2, -0.15) is 0 Å². The van der Waals surface area contributed by atoms with Crippen LogP contribution in [0.2, 0.25) is 0 Å². The molecule has 0 spiro atoms. The van der Waals surface area contributed by atoms with Crippen LogP contribution in [0.15, 0.2) is 28.7 Å². The van der Waals surface area contributed by atoms with Gasteiger partial charge in [0.1, 0.15) is 0 Å². The van der Waals surface area contributed by atoms with Gasteiger partial charge in [-0.1, -0.05) is 41.9 Å². The van der Waals surface area contributed by atoms with Gasteiger partial charge in [0.15, 0.2) is 0 Å². The van der Waals surface area contributed by atoms with E-state index in [4.69, 9.17) is 0 Å². The van der Waals surface area contributed by atoms with E-state index in [1.54, 1.807) is 0 Å². The van der Waals surface area contributed by atoms with Gasteiger partial charge in [0.2, 0.25) is 5.91 Å². The van der Waals surface area contributed by atoms with Crippen molar-refractivity contribution in [3.63, 3.8) is 0 Å². The van der Waals surface area contributed by atoms with Crippen molar-refractivity contribution in [2.75, 3.05) is 6.54 Å². The fourth-order valence-corrected chi connectivity index (χ4v) is 3.09. The minimum Gasteiger partial charge on any atom is -0.481 e. The van der Waals surface area contributed by atoms with Gasteiger partial charge in [0.25, 0.3) is 0 Å². The Morgan fingerprint density at radius 1 is 1.27 bits per heavy atom. The molecule has 1 amide bonds. The van der Waals surface area contributed by atoms with Crippen molar-refractivity contribution in [1.29, 1.82) is 0 Å².